The maximum absolute atomic E-state index is 13.0. The summed E-state index contributed by atoms with van der Waals surface area (Å²) in [5.74, 6) is -0.107. The molecular formula is C15H14BrFN2O2. The normalized spacial score (nSPS) is 10.2. The molecule has 4 nitrogen and oxygen atoms in total. The second kappa shape index (κ2) is 6.58. The van der Waals surface area contributed by atoms with Crippen LogP contribution in [-0.4, -0.2) is 13.0 Å². The zero-order valence-corrected chi connectivity index (χ0v) is 12.9. The van der Waals surface area contributed by atoms with Crippen LogP contribution in [0, 0.1) is 5.82 Å². The number of anilines is 1. The molecule has 3 N–H and O–H groups in total. The Hall–Kier alpha value is -2.08. The number of halogens is 2. The topological polar surface area (TPSA) is 64.3 Å². The number of nitrogens with one attached hydrogen (secondary N) is 1. The monoisotopic (exact) mass is 352 g/mol. The zero-order valence-electron chi connectivity index (χ0n) is 11.3. The van der Waals surface area contributed by atoms with Gasteiger partial charge in [-0.25, -0.2) is 4.39 Å². The minimum atomic E-state index is -0.402. The highest BCUT2D eigenvalue weighted by atomic mass is 79.9. The Morgan fingerprint density at radius 2 is 2.10 bits per heavy atom. The number of nitrogen functional groups attached to an aromatic ring is 1. The fraction of sp³-hybridized carbons (Fsp3) is 0.133. The van der Waals surface area contributed by atoms with Crippen molar-refractivity contribution in [2.45, 2.75) is 6.54 Å². The summed E-state index contributed by atoms with van der Waals surface area (Å²) in [5.41, 5.74) is 7.53. The number of amides is 1. The van der Waals surface area contributed by atoms with Crippen molar-refractivity contribution in [2.24, 2.45) is 0 Å². The first-order valence-electron chi connectivity index (χ1n) is 6.17. The van der Waals surface area contributed by atoms with E-state index >= 15 is 0 Å². The Morgan fingerprint density at radius 3 is 2.71 bits per heavy atom. The molecule has 1 amide bonds. The maximum Gasteiger partial charge on any atom is 0.252 e. The Morgan fingerprint density at radius 1 is 1.33 bits per heavy atom. The number of ether oxygens (including phenoxy) is 1. The van der Waals surface area contributed by atoms with Crippen molar-refractivity contribution >= 4 is 27.5 Å². The molecule has 110 valence electrons. The van der Waals surface area contributed by atoms with Gasteiger partial charge in [0.15, 0.2) is 0 Å². The van der Waals surface area contributed by atoms with Gasteiger partial charge in [0.25, 0.3) is 5.91 Å². The third-order valence-corrected chi connectivity index (χ3v) is 3.58. The predicted octanol–water partition coefficient (Wildman–Crippen LogP) is 3.11. The van der Waals surface area contributed by atoms with Crippen LogP contribution in [0.4, 0.5) is 10.1 Å². The van der Waals surface area contributed by atoms with Crippen molar-refractivity contribution in [3.05, 3.63) is 57.8 Å². The highest BCUT2D eigenvalue weighted by Gasteiger charge is 2.10. The van der Waals surface area contributed by atoms with Crippen molar-refractivity contribution in [2.75, 3.05) is 12.8 Å². The lowest BCUT2D eigenvalue weighted by Crippen LogP contribution is -2.23. The van der Waals surface area contributed by atoms with E-state index in [4.69, 9.17) is 10.5 Å². The molecule has 0 heterocycles. The van der Waals surface area contributed by atoms with Gasteiger partial charge in [-0.3, -0.25) is 4.79 Å². The van der Waals surface area contributed by atoms with Crippen LogP contribution in [-0.2, 0) is 6.54 Å². The Balaban J connectivity index is 2.05. The Kier molecular flexibility index (Phi) is 4.80. The zero-order chi connectivity index (χ0) is 15.4. The summed E-state index contributed by atoms with van der Waals surface area (Å²) in [6.07, 6.45) is 0. The largest absolute Gasteiger partial charge is 0.495 e. The highest BCUT2D eigenvalue weighted by molar-refractivity contribution is 9.10. The van der Waals surface area contributed by atoms with Crippen LogP contribution < -0.4 is 15.8 Å². The standard InChI is InChI=1S/C15H14BrFN2O2/c1-21-14-5-2-9(6-13(14)18)8-19-15(20)11-4-3-10(17)7-12(11)16/h2-7H,8,18H2,1H3,(H,19,20). The Labute approximate surface area is 130 Å². The van der Waals surface area contributed by atoms with Gasteiger partial charge in [-0.2, -0.15) is 0 Å². The fourth-order valence-corrected chi connectivity index (χ4v) is 2.38. The van der Waals surface area contributed by atoms with E-state index in [1.807, 2.05) is 6.07 Å². The lowest BCUT2D eigenvalue weighted by molar-refractivity contribution is 0.0950. The summed E-state index contributed by atoms with van der Waals surface area (Å²) in [7, 11) is 1.54. The molecule has 0 unspecified atom stereocenters. The summed E-state index contributed by atoms with van der Waals surface area (Å²) < 4.78 is 18.5. The molecule has 0 bridgehead atoms. The van der Waals surface area contributed by atoms with Gasteiger partial charge < -0.3 is 15.8 Å². The number of nitrogens with two attached hydrogens (primary N) is 1. The third-order valence-electron chi connectivity index (χ3n) is 2.92. The van der Waals surface area contributed by atoms with E-state index in [9.17, 15) is 9.18 Å². The molecule has 0 aliphatic carbocycles. The molecule has 0 atom stereocenters. The van der Waals surface area contributed by atoms with Crippen molar-refractivity contribution in [1.29, 1.82) is 0 Å². The summed E-state index contributed by atoms with van der Waals surface area (Å²) >= 11 is 3.17. The maximum atomic E-state index is 13.0. The third kappa shape index (κ3) is 3.72. The van der Waals surface area contributed by atoms with Crippen molar-refractivity contribution < 1.29 is 13.9 Å². The minimum Gasteiger partial charge on any atom is -0.495 e. The van der Waals surface area contributed by atoms with E-state index in [2.05, 4.69) is 21.2 Å². The van der Waals surface area contributed by atoms with Crippen LogP contribution >= 0.6 is 15.9 Å². The van der Waals surface area contributed by atoms with Gasteiger partial charge in [-0.1, -0.05) is 6.07 Å². The summed E-state index contributed by atoms with van der Waals surface area (Å²) in [6, 6.07) is 9.21. The fourth-order valence-electron chi connectivity index (χ4n) is 1.84. The molecule has 0 radical (unpaired) electrons. The summed E-state index contributed by atoms with van der Waals surface area (Å²) in [5, 5.41) is 2.75. The van der Waals surface area contributed by atoms with E-state index in [0.29, 0.717) is 28.0 Å². The quantitative estimate of drug-likeness (QED) is 0.831. The van der Waals surface area contributed by atoms with Gasteiger partial charge in [-0.15, -0.1) is 0 Å². The molecule has 0 spiro atoms. The van der Waals surface area contributed by atoms with Crippen molar-refractivity contribution in [3.63, 3.8) is 0 Å². The van der Waals surface area contributed by atoms with E-state index in [-0.39, 0.29) is 5.91 Å². The van der Waals surface area contributed by atoms with Crippen LogP contribution in [0.1, 0.15) is 15.9 Å². The van der Waals surface area contributed by atoms with Crippen LogP contribution in [0.15, 0.2) is 40.9 Å². The second-order valence-electron chi connectivity index (χ2n) is 4.38. The minimum absolute atomic E-state index is 0.295. The number of methoxy groups -OCH3 is 1. The SMILES string of the molecule is COc1ccc(CNC(=O)c2ccc(F)cc2Br)cc1N. The Bertz CT molecular complexity index is 677. The van der Waals surface area contributed by atoms with Gasteiger partial charge >= 0.3 is 0 Å². The molecule has 2 rings (SSSR count). The molecule has 0 aromatic heterocycles. The first kappa shape index (κ1) is 15.3. The van der Waals surface area contributed by atoms with E-state index in [1.165, 1.54) is 18.2 Å². The number of carbonyl (C=O) groups excluding carboxylic acids is 1. The van der Waals surface area contributed by atoms with Gasteiger partial charge in [0.2, 0.25) is 0 Å². The smallest absolute Gasteiger partial charge is 0.252 e. The molecule has 21 heavy (non-hydrogen) atoms. The number of hydrogen-bond donors (Lipinski definition) is 2. The first-order chi connectivity index (χ1) is 10.0. The van der Waals surface area contributed by atoms with E-state index in [1.54, 1.807) is 19.2 Å². The molecule has 0 saturated carbocycles. The van der Waals surface area contributed by atoms with E-state index in [0.717, 1.165) is 5.56 Å². The lowest BCUT2D eigenvalue weighted by Gasteiger charge is -2.09. The highest BCUT2D eigenvalue weighted by Crippen LogP contribution is 2.22. The van der Waals surface area contributed by atoms with Gasteiger partial charge in [0.05, 0.1) is 18.4 Å². The van der Waals surface area contributed by atoms with Gasteiger partial charge in [0, 0.05) is 11.0 Å². The number of benzene rings is 2. The second-order valence-corrected chi connectivity index (χ2v) is 5.24. The lowest BCUT2D eigenvalue weighted by atomic mass is 10.1. The van der Waals surface area contributed by atoms with Crippen LogP contribution in [0.25, 0.3) is 0 Å². The number of hydrogen-bond acceptors (Lipinski definition) is 3. The van der Waals surface area contributed by atoms with Gasteiger partial charge in [-0.05, 0) is 51.8 Å². The molecule has 0 saturated heterocycles. The van der Waals surface area contributed by atoms with Crippen molar-refractivity contribution in [3.8, 4) is 5.75 Å². The number of rotatable bonds is 4. The molecule has 0 fully saturated rings. The first-order valence-corrected chi connectivity index (χ1v) is 6.96. The molecule has 2 aromatic rings. The van der Waals surface area contributed by atoms with Crippen molar-refractivity contribution in [1.82, 2.24) is 5.32 Å². The van der Waals surface area contributed by atoms with E-state index < -0.39 is 5.82 Å². The average molecular weight is 353 g/mol. The molecule has 0 aliphatic rings. The van der Waals surface area contributed by atoms with Crippen LogP contribution in [0.2, 0.25) is 0 Å². The molecule has 6 heteroatoms. The molecule has 2 aromatic carbocycles. The number of carbonyl (C=O) groups is 1. The summed E-state index contributed by atoms with van der Waals surface area (Å²) in [6.45, 7) is 0.316. The molecular weight excluding hydrogens is 339 g/mol. The average Bonchev–Trinajstić information content (AvgIpc) is 2.45. The molecule has 0 aliphatic heterocycles. The summed E-state index contributed by atoms with van der Waals surface area (Å²) in [4.78, 5) is 12.0. The van der Waals surface area contributed by atoms with Crippen LogP contribution in [0.5, 0.6) is 5.75 Å². The predicted molar refractivity (Wildman–Crippen MR) is 82.7 cm³/mol. The van der Waals surface area contributed by atoms with Crippen LogP contribution in [0.3, 0.4) is 0 Å². The van der Waals surface area contributed by atoms with Gasteiger partial charge in [0.1, 0.15) is 11.6 Å².